The Morgan fingerprint density at radius 2 is 1.43 bits per heavy atom. The number of hydrogen-bond acceptors (Lipinski definition) is 5. The third-order valence-electron chi connectivity index (χ3n) is 5.05. The number of benzene rings is 3. The first-order chi connectivity index (χ1) is 14.2. The fourth-order valence-electron chi connectivity index (χ4n) is 3.46. The van der Waals surface area contributed by atoms with Gasteiger partial charge in [0.15, 0.2) is 0 Å². The van der Waals surface area contributed by atoms with Gasteiger partial charge in [-0.05, 0) is 52.4 Å². The lowest BCUT2D eigenvalue weighted by atomic mass is 9.94. The van der Waals surface area contributed by atoms with Crippen LogP contribution < -0.4 is 5.14 Å². The molecular formula is C22H18N2O5S. The molecule has 3 aromatic carbocycles. The normalized spacial score (nSPS) is 14.0. The average molecular weight is 422 g/mol. The number of nitrogens with zero attached hydrogens (tertiary/aromatic N) is 1. The van der Waals surface area contributed by atoms with Crippen LogP contribution in [0.25, 0.3) is 11.1 Å². The number of fused-ring (bicyclic) bond motifs is 1. The lowest BCUT2D eigenvalue weighted by Crippen LogP contribution is -2.39. The number of primary sulfonamides is 1. The molecule has 0 atom stereocenters. The molecule has 1 heterocycles. The van der Waals surface area contributed by atoms with Crippen molar-refractivity contribution in [2.45, 2.75) is 17.7 Å². The van der Waals surface area contributed by atoms with Gasteiger partial charge in [-0.15, -0.1) is 0 Å². The van der Waals surface area contributed by atoms with E-state index in [0.29, 0.717) is 17.5 Å². The van der Waals surface area contributed by atoms with Crippen molar-refractivity contribution in [3.8, 4) is 11.1 Å². The van der Waals surface area contributed by atoms with Crippen LogP contribution in [0.1, 0.15) is 27.0 Å². The highest BCUT2D eigenvalue weighted by Gasteiger charge is 2.29. The van der Waals surface area contributed by atoms with E-state index < -0.39 is 21.8 Å². The second-order valence-electron chi connectivity index (χ2n) is 7.12. The van der Waals surface area contributed by atoms with E-state index in [0.717, 1.165) is 22.3 Å². The van der Waals surface area contributed by atoms with Gasteiger partial charge in [0.25, 0.3) is 11.8 Å². The molecule has 0 radical (unpaired) electrons. The van der Waals surface area contributed by atoms with Crippen molar-refractivity contribution in [3.63, 3.8) is 0 Å². The first-order valence-electron chi connectivity index (χ1n) is 9.12. The van der Waals surface area contributed by atoms with E-state index in [1.807, 2.05) is 30.3 Å². The minimum atomic E-state index is -3.72. The summed E-state index contributed by atoms with van der Waals surface area (Å²) in [5, 5.41) is 14.8. The summed E-state index contributed by atoms with van der Waals surface area (Å²) >= 11 is 0. The van der Waals surface area contributed by atoms with Gasteiger partial charge in [-0.2, -0.15) is 5.06 Å². The van der Waals surface area contributed by atoms with Gasteiger partial charge in [0.1, 0.15) is 0 Å². The van der Waals surface area contributed by atoms with Crippen molar-refractivity contribution >= 4 is 21.8 Å². The van der Waals surface area contributed by atoms with Gasteiger partial charge in [0.05, 0.1) is 11.3 Å². The molecule has 0 spiro atoms. The molecule has 1 aliphatic rings. The van der Waals surface area contributed by atoms with E-state index in [4.69, 9.17) is 5.14 Å². The smallest absolute Gasteiger partial charge is 0.278 e. The number of sulfonamides is 1. The minimum absolute atomic E-state index is 0.0150. The first-order valence-corrected chi connectivity index (χ1v) is 10.7. The predicted molar refractivity (Wildman–Crippen MR) is 109 cm³/mol. The quantitative estimate of drug-likeness (QED) is 0.495. The number of hydrogen-bond donors (Lipinski definition) is 2. The van der Waals surface area contributed by atoms with Gasteiger partial charge < -0.3 is 0 Å². The van der Waals surface area contributed by atoms with E-state index in [1.165, 1.54) is 12.1 Å². The maximum atomic E-state index is 12.0. The van der Waals surface area contributed by atoms with E-state index in [-0.39, 0.29) is 16.4 Å². The highest BCUT2D eigenvalue weighted by Crippen LogP contribution is 2.24. The van der Waals surface area contributed by atoms with Crippen molar-refractivity contribution < 1.29 is 23.2 Å². The van der Waals surface area contributed by atoms with Gasteiger partial charge in [0, 0.05) is 5.56 Å². The number of nitrogens with two attached hydrogens (primary N) is 1. The van der Waals surface area contributed by atoms with Crippen LogP contribution in [-0.2, 0) is 27.7 Å². The standard InChI is InChI=1S/C22H18N2O5S/c23-30(28,29)19-8-6-17(7-9-19)16-4-1-14(2-5-16)11-15-3-10-20-18(12-15)13-21(25)24(27)22(20)26/h1-10,12,27H,11,13H2,(H2,23,28,29). The fraction of sp³-hybridized carbons (Fsp3) is 0.0909. The zero-order valence-corrected chi connectivity index (χ0v) is 16.6. The molecule has 30 heavy (non-hydrogen) atoms. The third kappa shape index (κ3) is 3.88. The minimum Gasteiger partial charge on any atom is -0.278 e. The number of carbonyl (C=O) groups excluding carboxylic acids is 2. The summed E-state index contributed by atoms with van der Waals surface area (Å²) in [4.78, 5) is 23.7. The van der Waals surface area contributed by atoms with Crippen molar-refractivity contribution in [1.29, 1.82) is 0 Å². The molecule has 1 aliphatic heterocycles. The molecule has 0 fully saturated rings. The van der Waals surface area contributed by atoms with Crippen molar-refractivity contribution in [2.24, 2.45) is 5.14 Å². The van der Waals surface area contributed by atoms with Gasteiger partial charge in [0.2, 0.25) is 10.0 Å². The highest BCUT2D eigenvalue weighted by atomic mass is 32.2. The number of hydroxylamine groups is 2. The molecule has 0 aliphatic carbocycles. The summed E-state index contributed by atoms with van der Waals surface area (Å²) in [6, 6.07) is 19.4. The Hall–Kier alpha value is -3.33. The Morgan fingerprint density at radius 3 is 2.03 bits per heavy atom. The summed E-state index contributed by atoms with van der Waals surface area (Å²) in [6.45, 7) is 0. The van der Waals surface area contributed by atoms with E-state index >= 15 is 0 Å². The lowest BCUT2D eigenvalue weighted by molar-refractivity contribution is -0.153. The zero-order chi connectivity index (χ0) is 21.5. The Balaban J connectivity index is 1.52. The molecule has 3 N–H and O–H groups in total. The summed E-state index contributed by atoms with van der Waals surface area (Å²) < 4.78 is 22.7. The van der Waals surface area contributed by atoms with E-state index in [9.17, 15) is 23.2 Å². The molecule has 0 saturated carbocycles. The maximum Gasteiger partial charge on any atom is 0.284 e. The molecule has 0 unspecified atom stereocenters. The van der Waals surface area contributed by atoms with Crippen LogP contribution >= 0.6 is 0 Å². The van der Waals surface area contributed by atoms with E-state index in [1.54, 1.807) is 24.3 Å². The van der Waals surface area contributed by atoms with Gasteiger partial charge in [-0.3, -0.25) is 14.8 Å². The predicted octanol–water partition coefficient (Wildman–Crippen LogP) is 2.51. The van der Waals surface area contributed by atoms with Crippen molar-refractivity contribution in [2.75, 3.05) is 0 Å². The highest BCUT2D eigenvalue weighted by molar-refractivity contribution is 7.89. The number of imide groups is 1. The molecule has 0 saturated heterocycles. The summed E-state index contributed by atoms with van der Waals surface area (Å²) in [5.41, 5.74) is 4.74. The summed E-state index contributed by atoms with van der Waals surface area (Å²) in [6.07, 6.45) is 0.599. The maximum absolute atomic E-state index is 12.0. The number of amides is 2. The second kappa shape index (κ2) is 7.49. The zero-order valence-electron chi connectivity index (χ0n) is 15.8. The van der Waals surface area contributed by atoms with Gasteiger partial charge >= 0.3 is 0 Å². The number of rotatable bonds is 4. The largest absolute Gasteiger partial charge is 0.284 e. The van der Waals surface area contributed by atoms with Crippen LogP contribution in [0.4, 0.5) is 0 Å². The molecule has 4 rings (SSSR count). The monoisotopic (exact) mass is 422 g/mol. The van der Waals surface area contributed by atoms with Crippen LogP contribution in [0.2, 0.25) is 0 Å². The SMILES string of the molecule is NS(=O)(=O)c1ccc(-c2ccc(Cc3ccc4c(c3)CC(=O)N(O)C4=O)cc2)cc1. The van der Waals surface area contributed by atoms with E-state index in [2.05, 4.69) is 0 Å². The Bertz CT molecular complexity index is 1250. The van der Waals surface area contributed by atoms with Crippen LogP contribution in [0.5, 0.6) is 0 Å². The molecule has 2 amide bonds. The summed E-state index contributed by atoms with van der Waals surface area (Å²) in [7, 11) is -3.72. The van der Waals surface area contributed by atoms with Crippen molar-refractivity contribution in [3.05, 3.63) is 89.0 Å². The van der Waals surface area contributed by atoms with Crippen LogP contribution in [-0.4, -0.2) is 30.5 Å². The fourth-order valence-corrected chi connectivity index (χ4v) is 3.98. The molecule has 7 nitrogen and oxygen atoms in total. The Kier molecular flexibility index (Phi) is 4.98. The first kappa shape index (κ1) is 20.0. The van der Waals surface area contributed by atoms with Gasteiger partial charge in [-0.25, -0.2) is 13.6 Å². The Labute approximate surface area is 173 Å². The molecule has 152 valence electrons. The second-order valence-corrected chi connectivity index (χ2v) is 8.68. The topological polar surface area (TPSA) is 118 Å². The van der Waals surface area contributed by atoms with Crippen molar-refractivity contribution in [1.82, 2.24) is 5.06 Å². The molecular weight excluding hydrogens is 404 g/mol. The van der Waals surface area contributed by atoms with Crippen LogP contribution in [0.15, 0.2) is 71.6 Å². The molecule has 0 bridgehead atoms. The number of carbonyl (C=O) groups is 2. The third-order valence-corrected chi connectivity index (χ3v) is 5.98. The van der Waals surface area contributed by atoms with Crippen LogP contribution in [0.3, 0.4) is 0 Å². The molecule has 8 heteroatoms. The molecule has 3 aromatic rings. The summed E-state index contributed by atoms with van der Waals surface area (Å²) in [5.74, 6) is -1.34. The average Bonchev–Trinajstić information content (AvgIpc) is 2.72. The lowest BCUT2D eigenvalue weighted by Gasteiger charge is -2.21. The molecule has 0 aromatic heterocycles. The van der Waals surface area contributed by atoms with Gasteiger partial charge in [-0.1, -0.05) is 48.5 Å². The van der Waals surface area contributed by atoms with Crippen LogP contribution in [0, 0.1) is 0 Å². The Morgan fingerprint density at radius 1 is 0.867 bits per heavy atom.